The van der Waals surface area contributed by atoms with Crippen LogP contribution in [0, 0.1) is 0 Å². The average Bonchev–Trinajstić information content (AvgIpc) is 2.49. The molecule has 1 aliphatic rings. The number of piperidine rings is 1. The molecular weight excluding hydrogens is 274 g/mol. The maximum absolute atomic E-state index is 12.3. The summed E-state index contributed by atoms with van der Waals surface area (Å²) in [5.41, 5.74) is 7.16. The fourth-order valence-electron chi connectivity index (χ4n) is 3.29. The third-order valence-corrected chi connectivity index (χ3v) is 4.40. The van der Waals surface area contributed by atoms with Crippen LogP contribution in [0.4, 0.5) is 0 Å². The summed E-state index contributed by atoms with van der Waals surface area (Å²) in [5, 5.41) is 0. The third-order valence-electron chi connectivity index (χ3n) is 4.40. The number of amides is 1. The minimum absolute atomic E-state index is 0.0801. The molecule has 122 valence electrons. The topological polar surface area (TPSA) is 49.6 Å². The molecule has 1 fully saturated rings. The molecule has 0 aromatic heterocycles. The molecule has 1 amide bonds. The molecule has 22 heavy (non-hydrogen) atoms. The number of benzene rings is 1. The van der Waals surface area contributed by atoms with E-state index in [1.165, 1.54) is 5.56 Å². The van der Waals surface area contributed by atoms with E-state index in [4.69, 9.17) is 5.73 Å². The van der Waals surface area contributed by atoms with Crippen LogP contribution in [0.5, 0.6) is 0 Å². The SMILES string of the molecule is CC(N)C(=O)N(C(C)C)C1CCN(Cc2ccccc2)CC1. The minimum Gasteiger partial charge on any atom is -0.336 e. The van der Waals surface area contributed by atoms with E-state index >= 15 is 0 Å². The van der Waals surface area contributed by atoms with E-state index in [1.807, 2.05) is 4.90 Å². The summed E-state index contributed by atoms with van der Waals surface area (Å²) < 4.78 is 0. The van der Waals surface area contributed by atoms with Gasteiger partial charge in [0.1, 0.15) is 0 Å². The van der Waals surface area contributed by atoms with Gasteiger partial charge in [0, 0.05) is 31.7 Å². The molecule has 0 spiro atoms. The van der Waals surface area contributed by atoms with E-state index in [-0.39, 0.29) is 11.9 Å². The van der Waals surface area contributed by atoms with Crippen LogP contribution in [0.1, 0.15) is 39.2 Å². The zero-order valence-corrected chi connectivity index (χ0v) is 14.0. The van der Waals surface area contributed by atoms with Crippen molar-refractivity contribution in [2.75, 3.05) is 13.1 Å². The molecule has 0 bridgehead atoms. The molecule has 0 saturated carbocycles. The number of nitrogens with two attached hydrogens (primary N) is 1. The van der Waals surface area contributed by atoms with Crippen molar-refractivity contribution in [2.45, 2.75) is 58.3 Å². The third kappa shape index (κ3) is 4.31. The second-order valence-corrected chi connectivity index (χ2v) is 6.62. The minimum atomic E-state index is -0.412. The Hall–Kier alpha value is -1.39. The zero-order chi connectivity index (χ0) is 16.1. The molecule has 4 nitrogen and oxygen atoms in total. The molecule has 2 N–H and O–H groups in total. The van der Waals surface area contributed by atoms with Crippen molar-refractivity contribution >= 4 is 5.91 Å². The second-order valence-electron chi connectivity index (χ2n) is 6.62. The maximum Gasteiger partial charge on any atom is 0.239 e. The number of hydrogen-bond acceptors (Lipinski definition) is 3. The predicted molar refractivity (Wildman–Crippen MR) is 90.4 cm³/mol. The van der Waals surface area contributed by atoms with Gasteiger partial charge in [-0.3, -0.25) is 9.69 Å². The Morgan fingerprint density at radius 3 is 2.32 bits per heavy atom. The standard InChI is InChI=1S/C18H29N3O/c1-14(2)21(18(22)15(3)19)17-9-11-20(12-10-17)13-16-7-5-4-6-8-16/h4-8,14-15,17H,9-13,19H2,1-3H3. The summed E-state index contributed by atoms with van der Waals surface area (Å²) in [5.74, 6) is 0.0801. The van der Waals surface area contributed by atoms with Gasteiger partial charge in [0.15, 0.2) is 0 Å². The molecule has 1 aliphatic heterocycles. The Balaban J connectivity index is 1.91. The van der Waals surface area contributed by atoms with Crippen molar-refractivity contribution in [2.24, 2.45) is 5.73 Å². The average molecular weight is 303 g/mol. The zero-order valence-electron chi connectivity index (χ0n) is 14.0. The van der Waals surface area contributed by atoms with E-state index in [1.54, 1.807) is 6.92 Å². The van der Waals surface area contributed by atoms with Crippen LogP contribution in [0.2, 0.25) is 0 Å². The lowest BCUT2D eigenvalue weighted by molar-refractivity contribution is -0.137. The quantitative estimate of drug-likeness (QED) is 0.907. The molecule has 1 aromatic rings. The van der Waals surface area contributed by atoms with Crippen LogP contribution < -0.4 is 5.73 Å². The first kappa shape index (κ1) is 17.0. The first-order valence-electron chi connectivity index (χ1n) is 8.33. The van der Waals surface area contributed by atoms with Crippen LogP contribution in [0.25, 0.3) is 0 Å². The smallest absolute Gasteiger partial charge is 0.239 e. The van der Waals surface area contributed by atoms with Crippen molar-refractivity contribution in [3.63, 3.8) is 0 Å². The molecule has 0 radical (unpaired) electrons. The molecule has 1 heterocycles. The van der Waals surface area contributed by atoms with E-state index in [0.717, 1.165) is 32.5 Å². The van der Waals surface area contributed by atoms with Gasteiger partial charge >= 0.3 is 0 Å². The van der Waals surface area contributed by atoms with Gasteiger partial charge < -0.3 is 10.6 Å². The molecule has 0 aliphatic carbocycles. The number of rotatable bonds is 5. The molecular formula is C18H29N3O. The largest absolute Gasteiger partial charge is 0.336 e. The van der Waals surface area contributed by atoms with Gasteiger partial charge in [-0.15, -0.1) is 0 Å². The Morgan fingerprint density at radius 1 is 1.23 bits per heavy atom. The summed E-state index contributed by atoms with van der Waals surface area (Å²) in [4.78, 5) is 16.8. The fourth-order valence-corrected chi connectivity index (χ4v) is 3.29. The first-order valence-corrected chi connectivity index (χ1v) is 8.33. The van der Waals surface area contributed by atoms with E-state index < -0.39 is 6.04 Å². The van der Waals surface area contributed by atoms with Gasteiger partial charge in [-0.1, -0.05) is 30.3 Å². The molecule has 1 saturated heterocycles. The first-order chi connectivity index (χ1) is 10.5. The van der Waals surface area contributed by atoms with Gasteiger partial charge in [0.05, 0.1) is 6.04 Å². The lowest BCUT2D eigenvalue weighted by Gasteiger charge is -2.41. The molecule has 4 heteroatoms. The maximum atomic E-state index is 12.3. The lowest BCUT2D eigenvalue weighted by atomic mass is 10.00. The van der Waals surface area contributed by atoms with Crippen LogP contribution in [0.15, 0.2) is 30.3 Å². The van der Waals surface area contributed by atoms with Crippen molar-refractivity contribution < 1.29 is 4.79 Å². The second kappa shape index (κ2) is 7.75. The van der Waals surface area contributed by atoms with Crippen LogP contribution in [-0.4, -0.2) is 46.9 Å². The Morgan fingerprint density at radius 2 is 1.82 bits per heavy atom. The highest BCUT2D eigenvalue weighted by Gasteiger charge is 2.30. The number of carbonyl (C=O) groups is 1. The normalized spacial score (nSPS) is 18.4. The predicted octanol–water partition coefficient (Wildman–Crippen LogP) is 2.24. The van der Waals surface area contributed by atoms with Crippen LogP contribution >= 0.6 is 0 Å². The van der Waals surface area contributed by atoms with Crippen LogP contribution in [-0.2, 0) is 11.3 Å². The fraction of sp³-hybridized carbons (Fsp3) is 0.611. The van der Waals surface area contributed by atoms with Crippen molar-refractivity contribution in [1.82, 2.24) is 9.80 Å². The highest BCUT2D eigenvalue weighted by Crippen LogP contribution is 2.21. The van der Waals surface area contributed by atoms with E-state index in [9.17, 15) is 4.79 Å². The number of hydrogen-bond donors (Lipinski definition) is 1. The lowest BCUT2D eigenvalue weighted by Crippen LogP contribution is -2.54. The molecule has 1 unspecified atom stereocenters. The van der Waals surface area contributed by atoms with Gasteiger partial charge in [0.2, 0.25) is 5.91 Å². The van der Waals surface area contributed by atoms with Gasteiger partial charge in [-0.05, 0) is 39.2 Å². The summed E-state index contributed by atoms with van der Waals surface area (Å²) in [7, 11) is 0. The molecule has 2 rings (SSSR count). The summed E-state index contributed by atoms with van der Waals surface area (Å²) >= 11 is 0. The van der Waals surface area contributed by atoms with Crippen molar-refractivity contribution in [1.29, 1.82) is 0 Å². The summed E-state index contributed by atoms with van der Waals surface area (Å²) in [6.07, 6.45) is 2.06. The molecule has 1 atom stereocenters. The molecule has 1 aromatic carbocycles. The highest BCUT2D eigenvalue weighted by atomic mass is 16.2. The van der Waals surface area contributed by atoms with Crippen molar-refractivity contribution in [3.05, 3.63) is 35.9 Å². The van der Waals surface area contributed by atoms with E-state index in [0.29, 0.717) is 6.04 Å². The Labute approximate surface area is 134 Å². The number of nitrogens with zero attached hydrogens (tertiary/aromatic N) is 2. The van der Waals surface area contributed by atoms with Crippen LogP contribution in [0.3, 0.4) is 0 Å². The van der Waals surface area contributed by atoms with Crippen molar-refractivity contribution in [3.8, 4) is 0 Å². The number of likely N-dealkylation sites (tertiary alicyclic amines) is 1. The number of carbonyl (C=O) groups excluding carboxylic acids is 1. The van der Waals surface area contributed by atoms with Gasteiger partial charge in [-0.25, -0.2) is 0 Å². The van der Waals surface area contributed by atoms with Gasteiger partial charge in [-0.2, -0.15) is 0 Å². The summed E-state index contributed by atoms with van der Waals surface area (Å²) in [6.45, 7) is 9.01. The summed E-state index contributed by atoms with van der Waals surface area (Å²) in [6, 6.07) is 10.7. The monoisotopic (exact) mass is 303 g/mol. The highest BCUT2D eigenvalue weighted by molar-refractivity contribution is 5.81. The van der Waals surface area contributed by atoms with E-state index in [2.05, 4.69) is 49.1 Å². The Kier molecular flexibility index (Phi) is 5.98. The van der Waals surface area contributed by atoms with Gasteiger partial charge in [0.25, 0.3) is 0 Å². The Bertz CT molecular complexity index is 464.